The first-order valence-corrected chi connectivity index (χ1v) is 6.06. The number of ether oxygens (including phenoxy) is 2. The minimum absolute atomic E-state index is 0.124. The molecule has 106 valence electrons. The molecule has 3 unspecified atom stereocenters. The average molecular weight is 278 g/mol. The van der Waals surface area contributed by atoms with E-state index >= 15 is 0 Å². The van der Waals surface area contributed by atoms with Crippen molar-refractivity contribution in [3.8, 4) is 6.07 Å². The summed E-state index contributed by atoms with van der Waals surface area (Å²) in [6.45, 7) is 0.124. The first kappa shape index (κ1) is 14.6. The van der Waals surface area contributed by atoms with Crippen LogP contribution >= 0.6 is 0 Å². The van der Waals surface area contributed by atoms with Crippen LogP contribution in [0.5, 0.6) is 0 Å². The van der Waals surface area contributed by atoms with Crippen LogP contribution in [0.25, 0.3) is 0 Å². The molecule has 7 nitrogen and oxygen atoms in total. The third kappa shape index (κ3) is 3.00. The number of nitroso groups, excluding NO2 is 1. The van der Waals surface area contributed by atoms with Gasteiger partial charge >= 0.3 is 0 Å². The van der Waals surface area contributed by atoms with E-state index in [4.69, 9.17) is 14.7 Å². The van der Waals surface area contributed by atoms with E-state index in [1.54, 1.807) is 6.07 Å². The van der Waals surface area contributed by atoms with Crippen LogP contribution in [0.3, 0.4) is 0 Å². The van der Waals surface area contributed by atoms with Gasteiger partial charge in [0.25, 0.3) is 0 Å². The van der Waals surface area contributed by atoms with Gasteiger partial charge < -0.3 is 19.7 Å². The van der Waals surface area contributed by atoms with Crippen molar-refractivity contribution in [3.63, 3.8) is 0 Å². The lowest BCUT2D eigenvalue weighted by Gasteiger charge is -2.37. The molecule has 1 aliphatic heterocycles. The average Bonchev–Trinajstić information content (AvgIpc) is 2.48. The van der Waals surface area contributed by atoms with Gasteiger partial charge in [0.1, 0.15) is 12.2 Å². The summed E-state index contributed by atoms with van der Waals surface area (Å²) >= 11 is 0. The van der Waals surface area contributed by atoms with Crippen molar-refractivity contribution < 1.29 is 19.7 Å². The molecule has 1 aromatic carbocycles. The highest BCUT2D eigenvalue weighted by molar-refractivity contribution is 5.13. The third-order valence-corrected chi connectivity index (χ3v) is 3.10. The smallest absolute Gasteiger partial charge is 0.185 e. The quantitative estimate of drug-likeness (QED) is 0.766. The zero-order chi connectivity index (χ0) is 14.5. The van der Waals surface area contributed by atoms with Gasteiger partial charge in [0.2, 0.25) is 0 Å². The number of nitriles is 1. The Bertz CT molecular complexity index is 489. The van der Waals surface area contributed by atoms with Crippen molar-refractivity contribution in [2.24, 2.45) is 5.18 Å². The molecule has 1 aliphatic rings. The minimum atomic E-state index is -1.57. The molecule has 1 saturated heterocycles. The van der Waals surface area contributed by atoms with Crippen LogP contribution < -0.4 is 0 Å². The number of benzene rings is 1. The van der Waals surface area contributed by atoms with Gasteiger partial charge in [0.15, 0.2) is 18.4 Å². The maximum absolute atomic E-state index is 10.8. The molecule has 1 fully saturated rings. The summed E-state index contributed by atoms with van der Waals surface area (Å²) < 4.78 is 10.3. The van der Waals surface area contributed by atoms with Crippen LogP contribution in [0, 0.1) is 16.2 Å². The molecule has 0 amide bonds. The Balaban J connectivity index is 2.09. The zero-order valence-electron chi connectivity index (χ0n) is 10.5. The Kier molecular flexibility index (Phi) is 4.76. The first-order chi connectivity index (χ1) is 9.67. The van der Waals surface area contributed by atoms with Crippen molar-refractivity contribution in [2.45, 2.75) is 37.3 Å². The number of hydrogen-bond acceptors (Lipinski definition) is 7. The molecule has 5 atom stereocenters. The molecule has 7 heteroatoms. The van der Waals surface area contributed by atoms with E-state index < -0.39 is 30.6 Å². The van der Waals surface area contributed by atoms with Gasteiger partial charge in [-0.3, -0.25) is 0 Å². The highest BCUT2D eigenvalue weighted by Gasteiger charge is 2.46. The van der Waals surface area contributed by atoms with Gasteiger partial charge in [0, 0.05) is 0 Å². The molecule has 20 heavy (non-hydrogen) atoms. The summed E-state index contributed by atoms with van der Waals surface area (Å²) in [6.07, 6.45) is -5.28. The fourth-order valence-electron chi connectivity index (χ4n) is 2.03. The van der Waals surface area contributed by atoms with Crippen molar-refractivity contribution in [3.05, 3.63) is 40.8 Å². The highest BCUT2D eigenvalue weighted by atomic mass is 16.6. The molecular formula is C13H14N2O5. The standard InChI is InChI=1S/C13H14N2O5/c14-6-9-11(16)12(10(15-18)13(17)20-9)19-7-8-4-2-1-3-5-8/h1-5,9-13,16-17H,7H2/t9?,10?,11-,12?,13-/m1/s1. The molecule has 2 N–H and O–H groups in total. The summed E-state index contributed by atoms with van der Waals surface area (Å²) in [4.78, 5) is 10.8. The fourth-order valence-corrected chi connectivity index (χ4v) is 2.03. The number of rotatable bonds is 4. The Hall–Kier alpha value is -1.85. The van der Waals surface area contributed by atoms with Gasteiger partial charge in [-0.25, -0.2) is 0 Å². The minimum Gasteiger partial charge on any atom is -0.386 e. The Morgan fingerprint density at radius 2 is 2.05 bits per heavy atom. The Morgan fingerprint density at radius 3 is 2.65 bits per heavy atom. The maximum atomic E-state index is 10.8. The van der Waals surface area contributed by atoms with E-state index in [1.165, 1.54) is 0 Å². The summed E-state index contributed by atoms with van der Waals surface area (Å²) in [5.74, 6) is 0. The van der Waals surface area contributed by atoms with Crippen LogP contribution in [0.2, 0.25) is 0 Å². The van der Waals surface area contributed by atoms with Crippen molar-refractivity contribution in [1.82, 2.24) is 0 Å². The van der Waals surface area contributed by atoms with E-state index in [0.717, 1.165) is 5.56 Å². The first-order valence-electron chi connectivity index (χ1n) is 6.06. The largest absolute Gasteiger partial charge is 0.386 e. The maximum Gasteiger partial charge on any atom is 0.185 e. The fraction of sp³-hybridized carbons (Fsp3) is 0.462. The van der Waals surface area contributed by atoms with E-state index in [1.807, 2.05) is 30.3 Å². The van der Waals surface area contributed by atoms with Gasteiger partial charge in [0.05, 0.1) is 12.7 Å². The lowest BCUT2D eigenvalue weighted by atomic mass is 9.98. The van der Waals surface area contributed by atoms with E-state index in [9.17, 15) is 15.1 Å². The second-order valence-electron chi connectivity index (χ2n) is 4.42. The van der Waals surface area contributed by atoms with Crippen molar-refractivity contribution >= 4 is 0 Å². The molecule has 0 spiro atoms. The molecule has 1 aromatic rings. The topological polar surface area (TPSA) is 112 Å². The molecule has 0 saturated carbocycles. The lowest BCUT2D eigenvalue weighted by molar-refractivity contribution is -0.238. The van der Waals surface area contributed by atoms with Crippen LogP contribution in [-0.4, -0.2) is 40.9 Å². The SMILES string of the molecule is N#CC1O[C@@H](O)C(N=O)C(OCc2ccccc2)[C@@H]1O. The van der Waals surface area contributed by atoms with Gasteiger partial charge in [-0.15, -0.1) is 0 Å². The molecular weight excluding hydrogens is 264 g/mol. The number of aliphatic hydroxyl groups is 2. The predicted molar refractivity (Wildman–Crippen MR) is 67.1 cm³/mol. The van der Waals surface area contributed by atoms with Crippen LogP contribution in [0.4, 0.5) is 0 Å². The van der Waals surface area contributed by atoms with E-state index in [0.29, 0.717) is 0 Å². The Labute approximate surface area is 115 Å². The highest BCUT2D eigenvalue weighted by Crippen LogP contribution is 2.25. The van der Waals surface area contributed by atoms with Crippen LogP contribution in [-0.2, 0) is 16.1 Å². The van der Waals surface area contributed by atoms with Crippen LogP contribution in [0.15, 0.2) is 35.5 Å². The van der Waals surface area contributed by atoms with E-state index in [2.05, 4.69) is 5.18 Å². The molecule has 0 aliphatic carbocycles. The molecule has 0 bridgehead atoms. The summed E-state index contributed by atoms with van der Waals surface area (Å²) in [5.41, 5.74) is 0.832. The lowest BCUT2D eigenvalue weighted by Crippen LogP contribution is -2.57. The van der Waals surface area contributed by atoms with Crippen molar-refractivity contribution in [2.75, 3.05) is 0 Å². The summed E-state index contributed by atoms with van der Waals surface area (Å²) in [5, 5.41) is 31.1. The number of hydrogen-bond donors (Lipinski definition) is 2. The third-order valence-electron chi connectivity index (χ3n) is 3.10. The van der Waals surface area contributed by atoms with Crippen LogP contribution in [0.1, 0.15) is 5.56 Å². The molecule has 0 radical (unpaired) electrons. The summed E-state index contributed by atoms with van der Waals surface area (Å²) in [6, 6.07) is 9.53. The summed E-state index contributed by atoms with van der Waals surface area (Å²) in [7, 11) is 0. The molecule has 0 aromatic heterocycles. The Morgan fingerprint density at radius 1 is 1.35 bits per heavy atom. The zero-order valence-corrected chi connectivity index (χ0v) is 10.5. The van der Waals surface area contributed by atoms with Crippen molar-refractivity contribution in [1.29, 1.82) is 5.26 Å². The monoisotopic (exact) mass is 278 g/mol. The molecule has 2 rings (SSSR count). The second-order valence-corrected chi connectivity index (χ2v) is 4.42. The second kappa shape index (κ2) is 6.54. The van der Waals surface area contributed by atoms with E-state index in [-0.39, 0.29) is 6.61 Å². The normalized spacial score (nSPS) is 33.4. The van der Waals surface area contributed by atoms with Gasteiger partial charge in [-0.1, -0.05) is 35.5 Å². The van der Waals surface area contributed by atoms with Gasteiger partial charge in [-0.05, 0) is 5.56 Å². The predicted octanol–water partition coefficient (Wildman–Crippen LogP) is 0.308. The number of aliphatic hydroxyl groups excluding tert-OH is 2. The van der Waals surface area contributed by atoms with Gasteiger partial charge in [-0.2, -0.15) is 10.2 Å². The molecule has 1 heterocycles. The number of nitrogens with zero attached hydrogens (tertiary/aromatic N) is 2.